The van der Waals surface area contributed by atoms with Crippen LogP contribution in [0.4, 0.5) is 4.39 Å². The summed E-state index contributed by atoms with van der Waals surface area (Å²) in [5.74, 6) is -0.506. The van der Waals surface area contributed by atoms with Crippen molar-refractivity contribution in [2.75, 3.05) is 6.61 Å². The molecule has 0 amide bonds. The molecule has 2 aliphatic rings. The molecule has 1 saturated carbocycles. The van der Waals surface area contributed by atoms with Gasteiger partial charge in [-0.3, -0.25) is 4.79 Å². The predicted octanol–water partition coefficient (Wildman–Crippen LogP) is 1.92. The van der Waals surface area contributed by atoms with Crippen molar-refractivity contribution in [3.05, 3.63) is 36.2 Å². The number of aryl methyl sites for hydroxylation is 1. The molecule has 132 valence electrons. The van der Waals surface area contributed by atoms with Gasteiger partial charge in [-0.2, -0.15) is 4.39 Å². The second-order valence-corrected chi connectivity index (χ2v) is 6.69. The van der Waals surface area contributed by atoms with E-state index in [4.69, 9.17) is 9.47 Å². The Labute approximate surface area is 144 Å². The minimum atomic E-state index is -0.604. The van der Waals surface area contributed by atoms with E-state index >= 15 is 0 Å². The van der Waals surface area contributed by atoms with Crippen molar-refractivity contribution in [1.82, 2.24) is 20.0 Å². The molecule has 0 aromatic carbocycles. The standard InChI is InChI=1S/C17H19FN4O3/c18-15-14(4-1-7-19-15)24-8-2-3-12-10-22(21-20-12)11-13-9-17(5-6-17)16(23)25-13/h1,4,7,10,13H,2-3,5-6,8-9,11H2. The molecule has 2 aromatic heterocycles. The molecule has 1 saturated heterocycles. The summed E-state index contributed by atoms with van der Waals surface area (Å²) >= 11 is 0. The summed E-state index contributed by atoms with van der Waals surface area (Å²) in [6, 6.07) is 3.18. The number of esters is 1. The topological polar surface area (TPSA) is 79.1 Å². The van der Waals surface area contributed by atoms with E-state index in [1.165, 1.54) is 6.20 Å². The van der Waals surface area contributed by atoms with Crippen molar-refractivity contribution in [3.63, 3.8) is 0 Å². The van der Waals surface area contributed by atoms with Crippen LogP contribution in [0.2, 0.25) is 0 Å². The van der Waals surface area contributed by atoms with Crippen LogP contribution in [0.25, 0.3) is 0 Å². The highest BCUT2D eigenvalue weighted by atomic mass is 19.1. The Morgan fingerprint density at radius 1 is 1.44 bits per heavy atom. The monoisotopic (exact) mass is 346 g/mol. The number of nitrogens with zero attached hydrogens (tertiary/aromatic N) is 4. The first-order valence-corrected chi connectivity index (χ1v) is 8.48. The van der Waals surface area contributed by atoms with Gasteiger partial charge in [-0.05, 0) is 37.8 Å². The molecule has 7 nitrogen and oxygen atoms in total. The molecule has 0 radical (unpaired) electrons. The summed E-state index contributed by atoms with van der Waals surface area (Å²) in [6.07, 6.45) is 7.17. The molecule has 8 heteroatoms. The highest BCUT2D eigenvalue weighted by Gasteiger charge is 2.57. The molecule has 2 fully saturated rings. The van der Waals surface area contributed by atoms with Gasteiger partial charge in [0, 0.05) is 18.8 Å². The van der Waals surface area contributed by atoms with Crippen LogP contribution in [-0.2, 0) is 22.5 Å². The first kappa shape index (κ1) is 16.0. The summed E-state index contributed by atoms with van der Waals surface area (Å²) in [7, 11) is 0. The average Bonchev–Trinajstić information content (AvgIpc) is 3.13. The van der Waals surface area contributed by atoms with E-state index < -0.39 is 5.95 Å². The molecule has 1 spiro atoms. The van der Waals surface area contributed by atoms with Crippen molar-refractivity contribution in [1.29, 1.82) is 0 Å². The minimum absolute atomic E-state index is 0.0578. The lowest BCUT2D eigenvalue weighted by molar-refractivity contribution is -0.145. The van der Waals surface area contributed by atoms with Crippen LogP contribution in [0.15, 0.2) is 24.5 Å². The largest absolute Gasteiger partial charge is 0.489 e. The second-order valence-electron chi connectivity index (χ2n) is 6.69. The smallest absolute Gasteiger partial charge is 0.312 e. The molecule has 1 atom stereocenters. The van der Waals surface area contributed by atoms with E-state index in [2.05, 4.69) is 15.3 Å². The van der Waals surface area contributed by atoms with Crippen LogP contribution in [0.5, 0.6) is 5.75 Å². The molecule has 2 aromatic rings. The highest BCUT2D eigenvalue weighted by Crippen LogP contribution is 2.54. The summed E-state index contributed by atoms with van der Waals surface area (Å²) in [6.45, 7) is 0.913. The number of hydrogen-bond acceptors (Lipinski definition) is 6. The Morgan fingerprint density at radius 3 is 3.08 bits per heavy atom. The molecule has 3 heterocycles. The molecular weight excluding hydrogens is 327 g/mol. The Hall–Kier alpha value is -2.51. The van der Waals surface area contributed by atoms with Crippen LogP contribution in [0.3, 0.4) is 0 Å². The van der Waals surface area contributed by atoms with Crippen LogP contribution in [0.1, 0.15) is 31.4 Å². The molecular formula is C17H19FN4O3. The van der Waals surface area contributed by atoms with Crippen molar-refractivity contribution in [3.8, 4) is 5.75 Å². The van der Waals surface area contributed by atoms with E-state index in [0.717, 1.165) is 25.0 Å². The third-order valence-electron chi connectivity index (χ3n) is 4.72. The van der Waals surface area contributed by atoms with Crippen molar-refractivity contribution < 1.29 is 18.7 Å². The molecule has 1 unspecified atom stereocenters. The van der Waals surface area contributed by atoms with Gasteiger partial charge in [0.1, 0.15) is 6.10 Å². The Morgan fingerprint density at radius 2 is 2.32 bits per heavy atom. The highest BCUT2D eigenvalue weighted by molar-refractivity contribution is 5.81. The lowest BCUT2D eigenvalue weighted by atomic mass is 10.0. The molecule has 0 N–H and O–H groups in total. The van der Waals surface area contributed by atoms with Gasteiger partial charge in [-0.25, -0.2) is 9.67 Å². The van der Waals surface area contributed by atoms with Gasteiger partial charge in [0.05, 0.1) is 24.3 Å². The maximum Gasteiger partial charge on any atom is 0.312 e. The second kappa shape index (κ2) is 6.42. The summed E-state index contributed by atoms with van der Waals surface area (Å²) in [4.78, 5) is 15.3. The molecule has 4 rings (SSSR count). The quantitative estimate of drug-likeness (QED) is 0.433. The van der Waals surface area contributed by atoms with Gasteiger partial charge >= 0.3 is 5.97 Å². The van der Waals surface area contributed by atoms with Crippen LogP contribution < -0.4 is 4.74 Å². The zero-order chi connectivity index (χ0) is 17.3. The third kappa shape index (κ3) is 3.47. The number of carbonyl (C=O) groups excluding carboxylic acids is 1. The van der Waals surface area contributed by atoms with Gasteiger partial charge < -0.3 is 9.47 Å². The fourth-order valence-electron chi connectivity index (χ4n) is 3.16. The van der Waals surface area contributed by atoms with Gasteiger partial charge in [0.2, 0.25) is 0 Å². The fraction of sp³-hybridized carbons (Fsp3) is 0.529. The number of carbonyl (C=O) groups is 1. The maximum absolute atomic E-state index is 13.3. The normalized spacial score (nSPS) is 20.7. The number of aromatic nitrogens is 4. The Balaban J connectivity index is 1.22. The van der Waals surface area contributed by atoms with Crippen LogP contribution in [-0.4, -0.2) is 38.7 Å². The third-order valence-corrected chi connectivity index (χ3v) is 4.72. The van der Waals surface area contributed by atoms with Crippen molar-refractivity contribution in [2.45, 2.75) is 44.8 Å². The molecule has 25 heavy (non-hydrogen) atoms. The lowest BCUT2D eigenvalue weighted by Gasteiger charge is -2.07. The number of ether oxygens (including phenoxy) is 2. The minimum Gasteiger partial charge on any atom is -0.489 e. The number of halogens is 1. The summed E-state index contributed by atoms with van der Waals surface area (Å²) < 4.78 is 25.8. The van der Waals surface area contributed by atoms with Crippen molar-refractivity contribution >= 4 is 5.97 Å². The van der Waals surface area contributed by atoms with Gasteiger partial charge in [-0.15, -0.1) is 5.10 Å². The number of cyclic esters (lactones) is 1. The number of hydrogen-bond donors (Lipinski definition) is 0. The zero-order valence-electron chi connectivity index (χ0n) is 13.7. The van der Waals surface area contributed by atoms with Gasteiger partial charge in [-0.1, -0.05) is 5.21 Å². The summed E-state index contributed by atoms with van der Waals surface area (Å²) in [5.41, 5.74) is 0.646. The SMILES string of the molecule is O=C1OC(Cn2cc(CCCOc3cccnc3F)nn2)CC12CC2. The van der Waals surface area contributed by atoms with E-state index in [0.29, 0.717) is 26.0 Å². The predicted molar refractivity (Wildman–Crippen MR) is 84.2 cm³/mol. The van der Waals surface area contributed by atoms with Crippen molar-refractivity contribution in [2.24, 2.45) is 5.41 Å². The molecule has 0 bridgehead atoms. The maximum atomic E-state index is 13.3. The number of pyridine rings is 1. The first-order chi connectivity index (χ1) is 12.1. The first-order valence-electron chi connectivity index (χ1n) is 8.48. The average molecular weight is 346 g/mol. The Kier molecular flexibility index (Phi) is 4.10. The van der Waals surface area contributed by atoms with E-state index in [9.17, 15) is 9.18 Å². The van der Waals surface area contributed by atoms with Gasteiger partial charge in [0.15, 0.2) is 5.75 Å². The Bertz CT molecular complexity index is 775. The zero-order valence-corrected chi connectivity index (χ0v) is 13.7. The van der Waals surface area contributed by atoms with Crippen LogP contribution >= 0.6 is 0 Å². The van der Waals surface area contributed by atoms with Crippen LogP contribution in [0, 0.1) is 11.4 Å². The lowest BCUT2D eigenvalue weighted by Crippen LogP contribution is -2.16. The summed E-state index contributed by atoms with van der Waals surface area (Å²) in [5, 5.41) is 8.21. The van der Waals surface area contributed by atoms with Gasteiger partial charge in [0.25, 0.3) is 5.95 Å². The number of rotatable bonds is 7. The van der Waals surface area contributed by atoms with E-state index in [-0.39, 0.29) is 23.2 Å². The molecule has 1 aliphatic heterocycles. The van der Waals surface area contributed by atoms with E-state index in [1.54, 1.807) is 16.8 Å². The van der Waals surface area contributed by atoms with E-state index in [1.807, 2.05) is 6.20 Å². The fourth-order valence-corrected chi connectivity index (χ4v) is 3.16. The molecule has 1 aliphatic carbocycles.